The van der Waals surface area contributed by atoms with E-state index in [-0.39, 0.29) is 6.10 Å². The number of sulfonamides is 1. The zero-order valence-electron chi connectivity index (χ0n) is 12.0. The maximum absolute atomic E-state index is 12.4. The lowest BCUT2D eigenvalue weighted by Crippen LogP contribution is -2.31. The van der Waals surface area contributed by atoms with Crippen molar-refractivity contribution in [3.05, 3.63) is 29.3 Å². The third-order valence-electron chi connectivity index (χ3n) is 3.23. The molecule has 5 nitrogen and oxygen atoms in total. The molecule has 2 N–H and O–H groups in total. The molecule has 1 aromatic carbocycles. The predicted molar refractivity (Wildman–Crippen MR) is 78.1 cm³/mol. The third kappa shape index (κ3) is 3.79. The van der Waals surface area contributed by atoms with Gasteiger partial charge in [0, 0.05) is 13.1 Å². The number of benzene rings is 1. The van der Waals surface area contributed by atoms with E-state index in [1.54, 1.807) is 12.1 Å². The average molecular weight is 298 g/mol. The fourth-order valence-electron chi connectivity index (χ4n) is 2.30. The van der Waals surface area contributed by atoms with Crippen molar-refractivity contribution < 1.29 is 13.2 Å². The molecule has 0 spiro atoms. The smallest absolute Gasteiger partial charge is 0.240 e. The van der Waals surface area contributed by atoms with Crippen LogP contribution in [0.3, 0.4) is 0 Å². The van der Waals surface area contributed by atoms with Crippen molar-refractivity contribution in [3.63, 3.8) is 0 Å². The Kier molecular flexibility index (Phi) is 5.15. The fraction of sp³-hybridized carbons (Fsp3) is 0.571. The molecule has 112 valence electrons. The zero-order valence-corrected chi connectivity index (χ0v) is 12.8. The summed E-state index contributed by atoms with van der Waals surface area (Å²) in [5.74, 6) is 0. The summed E-state index contributed by atoms with van der Waals surface area (Å²) in [6.45, 7) is 6.07. The summed E-state index contributed by atoms with van der Waals surface area (Å²) in [4.78, 5) is 0.404. The molecule has 20 heavy (non-hydrogen) atoms. The number of ether oxygens (including phenoxy) is 1. The molecular formula is C14H22N2O3S. The molecule has 0 amide bonds. The molecular weight excluding hydrogens is 276 g/mol. The average Bonchev–Trinajstić information content (AvgIpc) is 2.43. The van der Waals surface area contributed by atoms with Gasteiger partial charge in [0.1, 0.15) is 0 Å². The van der Waals surface area contributed by atoms with Gasteiger partial charge in [-0.25, -0.2) is 13.1 Å². The van der Waals surface area contributed by atoms with Crippen molar-refractivity contribution in [2.24, 2.45) is 0 Å². The molecule has 0 aliphatic carbocycles. The van der Waals surface area contributed by atoms with E-state index in [9.17, 15) is 8.42 Å². The number of rotatable bonds is 6. The molecule has 0 atom stereocenters. The first-order valence-corrected chi connectivity index (χ1v) is 8.42. The van der Waals surface area contributed by atoms with Gasteiger partial charge in [-0.3, -0.25) is 0 Å². The van der Waals surface area contributed by atoms with E-state index in [0.29, 0.717) is 18.0 Å². The van der Waals surface area contributed by atoms with E-state index in [1.165, 1.54) is 0 Å². The van der Waals surface area contributed by atoms with Crippen LogP contribution in [0.5, 0.6) is 0 Å². The van der Waals surface area contributed by atoms with E-state index in [0.717, 1.165) is 30.6 Å². The molecule has 2 rings (SSSR count). The van der Waals surface area contributed by atoms with Gasteiger partial charge in [-0.2, -0.15) is 0 Å². The highest BCUT2D eigenvalue weighted by molar-refractivity contribution is 7.89. The summed E-state index contributed by atoms with van der Waals surface area (Å²) in [5, 5.41) is 3.25. The Balaban J connectivity index is 2.09. The van der Waals surface area contributed by atoms with Gasteiger partial charge in [0.15, 0.2) is 0 Å². The minimum absolute atomic E-state index is 0.107. The minimum Gasteiger partial charge on any atom is -0.377 e. The lowest BCUT2D eigenvalue weighted by molar-refractivity contribution is 0.0834. The highest BCUT2D eigenvalue weighted by Crippen LogP contribution is 2.22. The minimum atomic E-state index is -3.46. The maximum atomic E-state index is 12.4. The van der Waals surface area contributed by atoms with Crippen molar-refractivity contribution >= 4 is 10.0 Å². The van der Waals surface area contributed by atoms with E-state index in [4.69, 9.17) is 4.74 Å². The summed E-state index contributed by atoms with van der Waals surface area (Å²) in [6.07, 6.45) is 0.851. The Bertz CT molecular complexity index is 556. The first kappa shape index (κ1) is 15.4. The van der Waals surface area contributed by atoms with Gasteiger partial charge >= 0.3 is 0 Å². The summed E-state index contributed by atoms with van der Waals surface area (Å²) < 4.78 is 32.7. The standard InChI is InChI=1S/C14H22N2O3S/c1-11(2)19-9-8-16-20(17,18)14-5-3-4-12-10-15-7-6-13(12)14/h3-5,11,15-16H,6-10H2,1-2H3. The van der Waals surface area contributed by atoms with Crippen LogP contribution in [0, 0.1) is 0 Å². The maximum Gasteiger partial charge on any atom is 0.240 e. The van der Waals surface area contributed by atoms with Crippen LogP contribution in [0.4, 0.5) is 0 Å². The normalized spacial score (nSPS) is 15.3. The number of fused-ring (bicyclic) bond motifs is 1. The summed E-state index contributed by atoms with van der Waals surface area (Å²) in [7, 11) is -3.46. The molecule has 0 saturated heterocycles. The molecule has 1 aliphatic heterocycles. The largest absolute Gasteiger partial charge is 0.377 e. The van der Waals surface area contributed by atoms with Crippen LogP contribution in [0.25, 0.3) is 0 Å². The lowest BCUT2D eigenvalue weighted by Gasteiger charge is -2.20. The second-order valence-corrected chi connectivity index (χ2v) is 6.87. The quantitative estimate of drug-likeness (QED) is 0.770. The second-order valence-electron chi connectivity index (χ2n) is 5.14. The van der Waals surface area contributed by atoms with Crippen molar-refractivity contribution in [3.8, 4) is 0 Å². The Morgan fingerprint density at radius 1 is 1.40 bits per heavy atom. The molecule has 0 bridgehead atoms. The molecule has 0 saturated carbocycles. The molecule has 1 aromatic rings. The van der Waals surface area contributed by atoms with Gasteiger partial charge < -0.3 is 10.1 Å². The molecule has 0 fully saturated rings. The number of nitrogens with one attached hydrogen (secondary N) is 2. The Morgan fingerprint density at radius 2 is 2.20 bits per heavy atom. The van der Waals surface area contributed by atoms with Crippen LogP contribution in [0.15, 0.2) is 23.1 Å². The third-order valence-corrected chi connectivity index (χ3v) is 4.78. The van der Waals surface area contributed by atoms with Gasteiger partial charge in [-0.1, -0.05) is 12.1 Å². The summed E-state index contributed by atoms with van der Waals surface area (Å²) >= 11 is 0. The monoisotopic (exact) mass is 298 g/mol. The highest BCUT2D eigenvalue weighted by atomic mass is 32.2. The van der Waals surface area contributed by atoms with Crippen molar-refractivity contribution in [1.29, 1.82) is 0 Å². The molecule has 0 aromatic heterocycles. The van der Waals surface area contributed by atoms with Gasteiger partial charge in [-0.15, -0.1) is 0 Å². The van der Waals surface area contributed by atoms with Crippen LogP contribution in [0.1, 0.15) is 25.0 Å². The van der Waals surface area contributed by atoms with Crippen LogP contribution >= 0.6 is 0 Å². The van der Waals surface area contributed by atoms with E-state index >= 15 is 0 Å². The first-order valence-electron chi connectivity index (χ1n) is 6.93. The van der Waals surface area contributed by atoms with Gasteiger partial charge in [0.05, 0.1) is 17.6 Å². The fourth-order valence-corrected chi connectivity index (χ4v) is 3.62. The van der Waals surface area contributed by atoms with Crippen molar-refractivity contribution in [1.82, 2.24) is 10.0 Å². The predicted octanol–water partition coefficient (Wildman–Crippen LogP) is 1.04. The van der Waals surface area contributed by atoms with Crippen LogP contribution in [-0.4, -0.2) is 34.2 Å². The Hall–Kier alpha value is -0.950. The summed E-state index contributed by atoms with van der Waals surface area (Å²) in [6, 6.07) is 5.45. The van der Waals surface area contributed by atoms with Crippen molar-refractivity contribution in [2.75, 3.05) is 19.7 Å². The lowest BCUT2D eigenvalue weighted by atomic mass is 10.0. The highest BCUT2D eigenvalue weighted by Gasteiger charge is 2.21. The molecule has 0 radical (unpaired) electrons. The van der Waals surface area contributed by atoms with Gasteiger partial charge in [0.2, 0.25) is 10.0 Å². The second kappa shape index (κ2) is 6.67. The zero-order chi connectivity index (χ0) is 14.6. The van der Waals surface area contributed by atoms with Crippen LogP contribution < -0.4 is 10.0 Å². The van der Waals surface area contributed by atoms with E-state index < -0.39 is 10.0 Å². The Morgan fingerprint density at radius 3 is 2.95 bits per heavy atom. The summed E-state index contributed by atoms with van der Waals surface area (Å²) in [5.41, 5.74) is 2.00. The van der Waals surface area contributed by atoms with Crippen molar-refractivity contribution in [2.45, 2.75) is 37.8 Å². The number of hydrogen-bond donors (Lipinski definition) is 2. The number of hydrogen-bond acceptors (Lipinski definition) is 4. The molecule has 0 unspecified atom stereocenters. The van der Waals surface area contributed by atoms with Gasteiger partial charge in [0.25, 0.3) is 0 Å². The van der Waals surface area contributed by atoms with E-state index in [1.807, 2.05) is 19.9 Å². The molecule has 6 heteroatoms. The van der Waals surface area contributed by atoms with Crippen LogP contribution in [0.2, 0.25) is 0 Å². The molecule has 1 aliphatic rings. The van der Waals surface area contributed by atoms with Gasteiger partial charge in [-0.05, 0) is 44.0 Å². The topological polar surface area (TPSA) is 67.4 Å². The van der Waals surface area contributed by atoms with E-state index in [2.05, 4.69) is 10.0 Å². The molecule has 1 heterocycles. The van der Waals surface area contributed by atoms with Crippen LogP contribution in [-0.2, 0) is 27.7 Å². The first-order chi connectivity index (χ1) is 9.50. The Labute approximate surface area is 120 Å². The SMILES string of the molecule is CC(C)OCCNS(=O)(=O)c1cccc2c1CCNC2.